The van der Waals surface area contributed by atoms with Crippen molar-refractivity contribution in [1.82, 2.24) is 4.90 Å². The van der Waals surface area contributed by atoms with Crippen molar-refractivity contribution in [2.45, 2.75) is 40.7 Å². The number of aryl methyl sites for hydroxylation is 1. The van der Waals surface area contributed by atoms with Crippen LogP contribution in [0.5, 0.6) is 0 Å². The monoisotopic (exact) mass is 393 g/mol. The molecule has 3 rings (SSSR count). The number of carbonyl (C=O) groups excluding carboxylic acids is 2. The molecule has 1 saturated heterocycles. The summed E-state index contributed by atoms with van der Waals surface area (Å²) in [6.45, 7) is 11.6. The van der Waals surface area contributed by atoms with Gasteiger partial charge in [-0.3, -0.25) is 14.5 Å². The molecule has 0 bridgehead atoms. The minimum absolute atomic E-state index is 0.00846. The van der Waals surface area contributed by atoms with Crippen LogP contribution in [0, 0.1) is 19.8 Å². The number of hydrogen-bond donors (Lipinski definition) is 1. The van der Waals surface area contributed by atoms with E-state index in [1.54, 1.807) is 4.90 Å². The number of nitrogens with one attached hydrogen (secondary N) is 1. The Bertz CT molecular complexity index is 889. The van der Waals surface area contributed by atoms with Crippen LogP contribution in [0.25, 0.3) is 0 Å². The van der Waals surface area contributed by atoms with Gasteiger partial charge in [0, 0.05) is 30.9 Å². The number of benzene rings is 2. The summed E-state index contributed by atoms with van der Waals surface area (Å²) in [5.74, 6) is -0.422. The SMILES string of the molecule is CCN(CC)Cc1cccc(NC(=O)C2CC(=O)N(c3cccc(C)c3C)C2)c1. The highest BCUT2D eigenvalue weighted by Gasteiger charge is 2.35. The Kier molecular flexibility index (Phi) is 6.70. The first-order valence-corrected chi connectivity index (χ1v) is 10.4. The van der Waals surface area contributed by atoms with Gasteiger partial charge in [0.1, 0.15) is 0 Å². The van der Waals surface area contributed by atoms with Crippen LogP contribution in [0.2, 0.25) is 0 Å². The molecule has 2 aromatic carbocycles. The first kappa shape index (κ1) is 21.1. The zero-order chi connectivity index (χ0) is 21.0. The van der Waals surface area contributed by atoms with Crippen molar-refractivity contribution in [1.29, 1.82) is 0 Å². The van der Waals surface area contributed by atoms with Gasteiger partial charge in [-0.2, -0.15) is 0 Å². The molecule has 5 heteroatoms. The standard InChI is InChI=1S/C24H31N3O2/c1-5-26(6-2)15-19-10-8-11-21(13-19)25-24(29)20-14-23(28)27(16-20)22-12-7-9-17(3)18(22)4/h7-13,20H,5-6,14-16H2,1-4H3,(H,25,29). The van der Waals surface area contributed by atoms with E-state index in [9.17, 15) is 9.59 Å². The molecule has 1 heterocycles. The summed E-state index contributed by atoms with van der Waals surface area (Å²) in [4.78, 5) is 29.5. The van der Waals surface area contributed by atoms with Crippen LogP contribution in [-0.2, 0) is 16.1 Å². The average Bonchev–Trinajstić information content (AvgIpc) is 3.10. The summed E-state index contributed by atoms with van der Waals surface area (Å²) in [5.41, 5.74) is 5.11. The lowest BCUT2D eigenvalue weighted by molar-refractivity contribution is -0.122. The predicted octanol–water partition coefficient (Wildman–Crippen LogP) is 4.14. The van der Waals surface area contributed by atoms with E-state index in [-0.39, 0.29) is 24.2 Å². The highest BCUT2D eigenvalue weighted by molar-refractivity contribution is 6.03. The number of amides is 2. The van der Waals surface area contributed by atoms with E-state index < -0.39 is 0 Å². The molecule has 0 radical (unpaired) electrons. The molecule has 1 atom stereocenters. The van der Waals surface area contributed by atoms with E-state index in [4.69, 9.17) is 0 Å². The van der Waals surface area contributed by atoms with E-state index in [0.29, 0.717) is 6.54 Å². The number of rotatable bonds is 7. The Morgan fingerprint density at radius 1 is 1.14 bits per heavy atom. The lowest BCUT2D eigenvalue weighted by atomic mass is 10.1. The van der Waals surface area contributed by atoms with Crippen LogP contribution in [0.15, 0.2) is 42.5 Å². The first-order chi connectivity index (χ1) is 13.9. The van der Waals surface area contributed by atoms with Crippen molar-refractivity contribution < 1.29 is 9.59 Å². The third kappa shape index (κ3) is 4.85. The van der Waals surface area contributed by atoms with E-state index in [2.05, 4.69) is 30.1 Å². The highest BCUT2D eigenvalue weighted by Crippen LogP contribution is 2.30. The molecule has 0 saturated carbocycles. The maximum Gasteiger partial charge on any atom is 0.229 e. The molecule has 154 valence electrons. The topological polar surface area (TPSA) is 52.7 Å². The van der Waals surface area contributed by atoms with Gasteiger partial charge < -0.3 is 10.2 Å². The van der Waals surface area contributed by atoms with Crippen molar-refractivity contribution in [2.75, 3.05) is 29.9 Å². The van der Waals surface area contributed by atoms with Crippen LogP contribution >= 0.6 is 0 Å². The minimum Gasteiger partial charge on any atom is -0.326 e. The third-order valence-electron chi connectivity index (χ3n) is 5.86. The lowest BCUT2D eigenvalue weighted by Gasteiger charge is -2.20. The molecule has 0 aliphatic carbocycles. The molecule has 1 N–H and O–H groups in total. The molecular weight excluding hydrogens is 362 g/mol. The molecule has 1 fully saturated rings. The van der Waals surface area contributed by atoms with Crippen molar-refractivity contribution in [3.05, 3.63) is 59.2 Å². The van der Waals surface area contributed by atoms with Gasteiger partial charge in [-0.1, -0.05) is 38.1 Å². The second kappa shape index (κ2) is 9.23. The molecule has 1 unspecified atom stereocenters. The van der Waals surface area contributed by atoms with Gasteiger partial charge in [0.2, 0.25) is 11.8 Å². The fourth-order valence-electron chi connectivity index (χ4n) is 3.84. The van der Waals surface area contributed by atoms with Gasteiger partial charge in [0.25, 0.3) is 0 Å². The number of nitrogens with zero attached hydrogens (tertiary/aromatic N) is 2. The Hall–Kier alpha value is -2.66. The Morgan fingerprint density at radius 2 is 1.86 bits per heavy atom. The average molecular weight is 394 g/mol. The van der Waals surface area contributed by atoms with Gasteiger partial charge in [-0.25, -0.2) is 0 Å². The van der Waals surface area contributed by atoms with E-state index in [1.807, 2.05) is 50.2 Å². The summed E-state index contributed by atoms with van der Waals surface area (Å²) in [7, 11) is 0. The maximum atomic E-state index is 12.8. The Labute approximate surface area is 173 Å². The van der Waals surface area contributed by atoms with Gasteiger partial charge in [0.05, 0.1) is 5.92 Å². The summed E-state index contributed by atoms with van der Waals surface area (Å²) in [6, 6.07) is 13.9. The van der Waals surface area contributed by atoms with Gasteiger partial charge in [0.15, 0.2) is 0 Å². The van der Waals surface area contributed by atoms with Gasteiger partial charge >= 0.3 is 0 Å². The van der Waals surface area contributed by atoms with Crippen LogP contribution in [-0.4, -0.2) is 36.3 Å². The molecule has 1 aliphatic heterocycles. The zero-order valence-corrected chi connectivity index (χ0v) is 17.9. The Balaban J connectivity index is 1.67. The first-order valence-electron chi connectivity index (χ1n) is 10.4. The van der Waals surface area contributed by atoms with Crippen LogP contribution in [0.4, 0.5) is 11.4 Å². The highest BCUT2D eigenvalue weighted by atomic mass is 16.2. The second-order valence-corrected chi connectivity index (χ2v) is 7.78. The van der Waals surface area contributed by atoms with Crippen molar-refractivity contribution in [3.63, 3.8) is 0 Å². The third-order valence-corrected chi connectivity index (χ3v) is 5.86. The quantitative estimate of drug-likeness (QED) is 0.769. The van der Waals surface area contributed by atoms with Crippen molar-refractivity contribution >= 4 is 23.2 Å². The lowest BCUT2D eigenvalue weighted by Crippen LogP contribution is -2.28. The van der Waals surface area contributed by atoms with Crippen molar-refractivity contribution in [2.24, 2.45) is 5.92 Å². The smallest absolute Gasteiger partial charge is 0.229 e. The molecule has 1 aliphatic rings. The molecule has 2 aromatic rings. The van der Waals surface area contributed by atoms with Gasteiger partial charge in [-0.05, 0) is 61.8 Å². The van der Waals surface area contributed by atoms with Crippen LogP contribution < -0.4 is 10.2 Å². The summed E-state index contributed by atoms with van der Waals surface area (Å²) in [5, 5.41) is 3.02. The normalized spacial score (nSPS) is 16.5. The number of hydrogen-bond acceptors (Lipinski definition) is 3. The molecule has 2 amide bonds. The molecular formula is C24H31N3O2. The fourth-order valence-corrected chi connectivity index (χ4v) is 3.84. The summed E-state index contributed by atoms with van der Waals surface area (Å²) in [6.07, 6.45) is 0.248. The number of anilines is 2. The maximum absolute atomic E-state index is 12.8. The number of carbonyl (C=O) groups is 2. The minimum atomic E-state index is -0.339. The van der Waals surface area contributed by atoms with Gasteiger partial charge in [-0.15, -0.1) is 0 Å². The van der Waals surface area contributed by atoms with E-state index >= 15 is 0 Å². The second-order valence-electron chi connectivity index (χ2n) is 7.78. The fraction of sp³-hybridized carbons (Fsp3) is 0.417. The Morgan fingerprint density at radius 3 is 2.59 bits per heavy atom. The van der Waals surface area contributed by atoms with E-state index in [0.717, 1.165) is 42.1 Å². The summed E-state index contributed by atoms with van der Waals surface area (Å²) >= 11 is 0. The van der Waals surface area contributed by atoms with E-state index in [1.165, 1.54) is 5.56 Å². The molecule has 29 heavy (non-hydrogen) atoms. The molecule has 5 nitrogen and oxygen atoms in total. The molecule has 0 aromatic heterocycles. The summed E-state index contributed by atoms with van der Waals surface area (Å²) < 4.78 is 0. The largest absolute Gasteiger partial charge is 0.326 e. The zero-order valence-electron chi connectivity index (χ0n) is 17.9. The van der Waals surface area contributed by atoms with Crippen molar-refractivity contribution in [3.8, 4) is 0 Å². The predicted molar refractivity (Wildman–Crippen MR) is 118 cm³/mol. The molecule has 0 spiro atoms. The van der Waals surface area contributed by atoms with Crippen LogP contribution in [0.1, 0.15) is 37.0 Å². The van der Waals surface area contributed by atoms with Crippen LogP contribution in [0.3, 0.4) is 0 Å².